The molecule has 0 bridgehead atoms. The molecule has 32 heavy (non-hydrogen) atoms. The van der Waals surface area contributed by atoms with Crippen LogP contribution in [0.3, 0.4) is 0 Å². The summed E-state index contributed by atoms with van der Waals surface area (Å²) in [6.45, 7) is 0. The van der Waals surface area contributed by atoms with E-state index in [0.717, 1.165) is 27.6 Å². The molecule has 0 fully saturated rings. The van der Waals surface area contributed by atoms with Crippen LogP contribution in [0.2, 0.25) is 0 Å². The highest BCUT2D eigenvalue weighted by Crippen LogP contribution is 2.35. The predicted octanol–water partition coefficient (Wildman–Crippen LogP) is 4.27. The third-order valence-corrected chi connectivity index (χ3v) is 6.01. The van der Waals surface area contributed by atoms with Crippen LogP contribution in [0.25, 0.3) is 16.5 Å². The summed E-state index contributed by atoms with van der Waals surface area (Å²) in [6, 6.07) is 27.5. The zero-order valence-corrected chi connectivity index (χ0v) is 17.9. The molecule has 1 aliphatic heterocycles. The van der Waals surface area contributed by atoms with Gasteiger partial charge in [-0.2, -0.15) is 0 Å². The lowest BCUT2D eigenvalue weighted by Crippen LogP contribution is -2.31. The molecule has 1 aliphatic rings. The van der Waals surface area contributed by atoms with E-state index in [1.54, 1.807) is 0 Å². The molecule has 2 heterocycles. The minimum atomic E-state index is -0.324. The van der Waals surface area contributed by atoms with Gasteiger partial charge in [-0.1, -0.05) is 78.9 Å². The van der Waals surface area contributed by atoms with Crippen LogP contribution in [-0.4, -0.2) is 28.3 Å². The minimum absolute atomic E-state index is 0.277. The number of likely N-dealkylation sites (N-methyl/N-ethyl adjacent to an activating group) is 1. The van der Waals surface area contributed by atoms with Crippen LogP contribution in [0, 0.1) is 0 Å². The van der Waals surface area contributed by atoms with Gasteiger partial charge in [-0.3, -0.25) is 14.5 Å². The molecule has 158 valence electrons. The summed E-state index contributed by atoms with van der Waals surface area (Å²) in [6.07, 6.45) is 1.92. The fourth-order valence-electron chi connectivity index (χ4n) is 4.36. The first-order valence-corrected chi connectivity index (χ1v) is 10.5. The Labute approximate surface area is 186 Å². The average molecular weight is 422 g/mol. The number of hydrogen-bond donors (Lipinski definition) is 1. The summed E-state index contributed by atoms with van der Waals surface area (Å²) in [7, 11) is 3.48. The van der Waals surface area contributed by atoms with Gasteiger partial charge >= 0.3 is 0 Å². The average Bonchev–Trinajstić information content (AvgIpc) is 3.27. The molecule has 0 saturated carbocycles. The fourth-order valence-corrected chi connectivity index (χ4v) is 4.36. The summed E-state index contributed by atoms with van der Waals surface area (Å²) >= 11 is 0. The first kappa shape index (κ1) is 19.8. The highest BCUT2D eigenvalue weighted by Gasteiger charge is 2.39. The molecular weight excluding hydrogens is 398 g/mol. The Bertz CT molecular complexity index is 1310. The number of amides is 2. The van der Waals surface area contributed by atoms with Crippen molar-refractivity contribution in [2.24, 2.45) is 7.05 Å². The van der Waals surface area contributed by atoms with Crippen molar-refractivity contribution in [1.29, 1.82) is 0 Å². The van der Waals surface area contributed by atoms with E-state index in [4.69, 9.17) is 0 Å². The Morgan fingerprint density at radius 2 is 1.28 bits per heavy atom. The zero-order valence-electron chi connectivity index (χ0n) is 17.9. The summed E-state index contributed by atoms with van der Waals surface area (Å²) in [5, 5.41) is 4.38. The summed E-state index contributed by atoms with van der Waals surface area (Å²) in [5.41, 5.74) is 4.52. The van der Waals surface area contributed by atoms with Gasteiger partial charge < -0.3 is 9.88 Å². The molecule has 2 amide bonds. The lowest BCUT2D eigenvalue weighted by atomic mass is 9.97. The van der Waals surface area contributed by atoms with Crippen LogP contribution in [-0.2, 0) is 16.6 Å². The first-order valence-electron chi connectivity index (χ1n) is 10.5. The lowest BCUT2D eigenvalue weighted by molar-refractivity contribution is -0.135. The summed E-state index contributed by atoms with van der Waals surface area (Å²) in [5.74, 6) is -0.622. The van der Waals surface area contributed by atoms with E-state index in [-0.39, 0.29) is 17.9 Å². The monoisotopic (exact) mass is 421 g/mol. The SMILES string of the molecule is CN1C(=O)C(NC(c2ccccc2)c2ccccc2)=C(c2cn(C)c3ccccc23)C1=O. The van der Waals surface area contributed by atoms with Crippen molar-refractivity contribution in [3.8, 4) is 0 Å². The number of hydrogen-bond acceptors (Lipinski definition) is 3. The van der Waals surface area contributed by atoms with Crippen molar-refractivity contribution >= 4 is 28.3 Å². The van der Waals surface area contributed by atoms with E-state index < -0.39 is 0 Å². The van der Waals surface area contributed by atoms with E-state index >= 15 is 0 Å². The number of aromatic nitrogens is 1. The van der Waals surface area contributed by atoms with Crippen molar-refractivity contribution in [3.05, 3.63) is 114 Å². The van der Waals surface area contributed by atoms with Crippen LogP contribution in [0.1, 0.15) is 22.7 Å². The van der Waals surface area contributed by atoms with Crippen molar-refractivity contribution in [1.82, 2.24) is 14.8 Å². The standard InChI is InChI=1S/C27H23N3O2/c1-29-17-21(20-15-9-10-16-22(20)29)23-25(27(32)30(2)26(23)31)28-24(18-11-5-3-6-12-18)19-13-7-4-8-14-19/h3-17,24,28H,1-2H3. The Morgan fingerprint density at radius 1 is 0.719 bits per heavy atom. The van der Waals surface area contributed by atoms with Crippen molar-refractivity contribution in [2.45, 2.75) is 6.04 Å². The molecule has 0 atom stereocenters. The van der Waals surface area contributed by atoms with Crippen molar-refractivity contribution in [2.75, 3.05) is 7.05 Å². The molecule has 1 N–H and O–H groups in total. The van der Waals surface area contributed by atoms with Crippen LogP contribution in [0.4, 0.5) is 0 Å². The van der Waals surface area contributed by atoms with Crippen LogP contribution < -0.4 is 5.32 Å². The molecule has 4 aromatic rings. The fraction of sp³-hybridized carbons (Fsp3) is 0.111. The van der Waals surface area contributed by atoms with Gasteiger partial charge in [0.05, 0.1) is 11.6 Å². The number of nitrogens with zero attached hydrogens (tertiary/aromatic N) is 2. The Balaban J connectivity index is 1.70. The van der Waals surface area contributed by atoms with Gasteiger partial charge in [0.1, 0.15) is 5.70 Å². The Kier molecular flexibility index (Phi) is 4.86. The molecule has 1 aromatic heterocycles. The molecule has 0 radical (unpaired) electrons. The number of imide groups is 1. The molecule has 5 heteroatoms. The molecule has 5 nitrogen and oxygen atoms in total. The second-order valence-electron chi connectivity index (χ2n) is 7.99. The summed E-state index contributed by atoms with van der Waals surface area (Å²) < 4.78 is 1.98. The summed E-state index contributed by atoms with van der Waals surface area (Å²) in [4.78, 5) is 27.6. The number of rotatable bonds is 5. The van der Waals surface area contributed by atoms with Crippen molar-refractivity contribution in [3.63, 3.8) is 0 Å². The predicted molar refractivity (Wildman–Crippen MR) is 125 cm³/mol. The smallest absolute Gasteiger partial charge is 0.277 e. The van der Waals surface area contributed by atoms with Gasteiger partial charge in [0.25, 0.3) is 11.8 Å². The second kappa shape index (κ2) is 7.85. The van der Waals surface area contributed by atoms with E-state index in [0.29, 0.717) is 11.3 Å². The quantitative estimate of drug-likeness (QED) is 0.490. The number of aryl methyl sites for hydroxylation is 1. The van der Waals surface area contributed by atoms with E-state index in [1.807, 2.05) is 103 Å². The lowest BCUT2D eigenvalue weighted by Gasteiger charge is -2.22. The van der Waals surface area contributed by atoms with E-state index in [1.165, 1.54) is 11.9 Å². The van der Waals surface area contributed by atoms with Gasteiger partial charge in [-0.15, -0.1) is 0 Å². The maximum atomic E-state index is 13.2. The largest absolute Gasteiger partial charge is 0.369 e. The topological polar surface area (TPSA) is 54.3 Å². The molecule has 0 unspecified atom stereocenters. The molecule has 0 saturated heterocycles. The van der Waals surface area contributed by atoms with Crippen LogP contribution in [0.5, 0.6) is 0 Å². The molecule has 0 spiro atoms. The molecule has 3 aromatic carbocycles. The highest BCUT2D eigenvalue weighted by atomic mass is 16.2. The van der Waals surface area contributed by atoms with Gasteiger partial charge in [-0.25, -0.2) is 0 Å². The van der Waals surface area contributed by atoms with E-state index in [9.17, 15) is 9.59 Å². The molecule has 0 aliphatic carbocycles. The maximum Gasteiger partial charge on any atom is 0.277 e. The highest BCUT2D eigenvalue weighted by molar-refractivity contribution is 6.37. The van der Waals surface area contributed by atoms with Crippen LogP contribution >= 0.6 is 0 Å². The number of carbonyl (C=O) groups excluding carboxylic acids is 2. The van der Waals surface area contributed by atoms with Crippen molar-refractivity contribution < 1.29 is 9.59 Å². The third kappa shape index (κ3) is 3.19. The Morgan fingerprint density at radius 3 is 1.91 bits per heavy atom. The number of fused-ring (bicyclic) bond motifs is 1. The third-order valence-electron chi connectivity index (χ3n) is 6.01. The molecular formula is C27H23N3O2. The maximum absolute atomic E-state index is 13.2. The molecule has 5 rings (SSSR count). The number of carbonyl (C=O) groups is 2. The Hall–Kier alpha value is -4.12. The number of nitrogens with one attached hydrogen (secondary N) is 1. The van der Waals surface area contributed by atoms with Gasteiger partial charge in [0.15, 0.2) is 0 Å². The van der Waals surface area contributed by atoms with Gasteiger partial charge in [-0.05, 0) is 17.2 Å². The number of benzene rings is 3. The minimum Gasteiger partial charge on any atom is -0.369 e. The zero-order chi connectivity index (χ0) is 22.2. The van der Waals surface area contributed by atoms with E-state index in [2.05, 4.69) is 5.32 Å². The van der Waals surface area contributed by atoms with Crippen LogP contribution in [0.15, 0.2) is 96.8 Å². The van der Waals surface area contributed by atoms with Gasteiger partial charge in [0.2, 0.25) is 0 Å². The first-order chi connectivity index (χ1) is 15.6. The normalized spacial score (nSPS) is 14.2. The second-order valence-corrected chi connectivity index (χ2v) is 7.99. The van der Waals surface area contributed by atoms with Gasteiger partial charge in [0, 0.05) is 36.8 Å². The number of para-hydroxylation sites is 1.